The van der Waals surface area contributed by atoms with E-state index in [-0.39, 0.29) is 5.91 Å². The normalized spacial score (nSPS) is 16.2. The number of hydrogen-bond donors (Lipinski definition) is 1. The molecule has 1 aliphatic rings. The third kappa shape index (κ3) is 4.57. The fraction of sp³-hybridized carbons (Fsp3) is 0.350. The van der Waals surface area contributed by atoms with Gasteiger partial charge in [0.2, 0.25) is 0 Å². The van der Waals surface area contributed by atoms with Crippen molar-refractivity contribution in [3.05, 3.63) is 58.4 Å². The van der Waals surface area contributed by atoms with E-state index >= 15 is 0 Å². The summed E-state index contributed by atoms with van der Waals surface area (Å²) in [6.07, 6.45) is 2.78. The molecule has 140 valence electrons. The van der Waals surface area contributed by atoms with Gasteiger partial charge in [-0.2, -0.15) is 5.26 Å². The molecule has 1 N–H and O–H groups in total. The number of ether oxygens (including phenoxy) is 1. The SMILES string of the molecule is COCCNC(=O)c1ccc(C2CCN(c3ccc(C#N)c(Cl)c3)C2)cn1. The van der Waals surface area contributed by atoms with Gasteiger partial charge in [0.05, 0.1) is 17.2 Å². The molecule has 6 nitrogen and oxygen atoms in total. The van der Waals surface area contributed by atoms with E-state index in [9.17, 15) is 4.79 Å². The third-order valence-corrected chi connectivity index (χ3v) is 5.02. The molecule has 1 aromatic carbocycles. The Morgan fingerprint density at radius 3 is 2.96 bits per heavy atom. The van der Waals surface area contributed by atoms with Gasteiger partial charge in [0.25, 0.3) is 5.91 Å². The Morgan fingerprint density at radius 2 is 2.30 bits per heavy atom. The number of nitrogens with zero attached hydrogens (tertiary/aromatic N) is 3. The summed E-state index contributed by atoms with van der Waals surface area (Å²) in [4.78, 5) is 18.6. The number of hydrogen-bond acceptors (Lipinski definition) is 5. The molecule has 1 atom stereocenters. The van der Waals surface area contributed by atoms with Crippen molar-refractivity contribution in [1.29, 1.82) is 5.26 Å². The Bertz CT molecular complexity index is 848. The van der Waals surface area contributed by atoms with Gasteiger partial charge < -0.3 is 15.0 Å². The first-order chi connectivity index (χ1) is 13.1. The lowest BCUT2D eigenvalue weighted by Crippen LogP contribution is -2.27. The lowest BCUT2D eigenvalue weighted by atomic mass is 10.00. The highest BCUT2D eigenvalue weighted by Gasteiger charge is 2.25. The highest BCUT2D eigenvalue weighted by Crippen LogP contribution is 2.32. The summed E-state index contributed by atoms with van der Waals surface area (Å²) in [7, 11) is 1.59. The second-order valence-electron chi connectivity index (χ2n) is 6.43. The molecule has 1 amide bonds. The van der Waals surface area contributed by atoms with Crippen LogP contribution in [0.1, 0.15) is 34.0 Å². The fourth-order valence-corrected chi connectivity index (χ4v) is 3.41. The van der Waals surface area contributed by atoms with Crippen LogP contribution in [-0.4, -0.2) is 44.2 Å². The number of methoxy groups -OCH3 is 1. The second kappa shape index (κ2) is 8.85. The van der Waals surface area contributed by atoms with Crippen molar-refractivity contribution in [2.24, 2.45) is 0 Å². The summed E-state index contributed by atoms with van der Waals surface area (Å²) in [6, 6.07) is 11.3. The molecular formula is C20H21ClN4O2. The van der Waals surface area contributed by atoms with Gasteiger partial charge in [-0.15, -0.1) is 0 Å². The van der Waals surface area contributed by atoms with Gasteiger partial charge >= 0.3 is 0 Å². The van der Waals surface area contributed by atoms with E-state index in [2.05, 4.69) is 21.3 Å². The van der Waals surface area contributed by atoms with Crippen LogP contribution in [-0.2, 0) is 4.74 Å². The van der Waals surface area contributed by atoms with Gasteiger partial charge in [0, 0.05) is 44.5 Å². The Kier molecular flexibility index (Phi) is 6.28. The molecule has 2 aromatic rings. The molecule has 2 heterocycles. The molecule has 1 aliphatic heterocycles. The zero-order chi connectivity index (χ0) is 19.2. The largest absolute Gasteiger partial charge is 0.383 e. The summed E-state index contributed by atoms with van der Waals surface area (Å²) in [5.74, 6) is 0.149. The van der Waals surface area contributed by atoms with Crippen molar-refractivity contribution in [2.45, 2.75) is 12.3 Å². The van der Waals surface area contributed by atoms with Crippen LogP contribution < -0.4 is 10.2 Å². The molecule has 27 heavy (non-hydrogen) atoms. The molecule has 1 fully saturated rings. The van der Waals surface area contributed by atoms with E-state index in [0.29, 0.717) is 35.3 Å². The monoisotopic (exact) mass is 384 g/mol. The zero-order valence-electron chi connectivity index (χ0n) is 15.1. The molecular weight excluding hydrogens is 364 g/mol. The second-order valence-corrected chi connectivity index (χ2v) is 6.84. The van der Waals surface area contributed by atoms with E-state index in [1.165, 1.54) is 0 Å². The summed E-state index contributed by atoms with van der Waals surface area (Å²) < 4.78 is 4.92. The minimum Gasteiger partial charge on any atom is -0.383 e. The maximum Gasteiger partial charge on any atom is 0.269 e. The Hall–Kier alpha value is -2.62. The predicted molar refractivity (Wildman–Crippen MR) is 104 cm³/mol. The molecule has 1 saturated heterocycles. The third-order valence-electron chi connectivity index (χ3n) is 4.71. The predicted octanol–water partition coefficient (Wildman–Crippen LogP) is 2.98. The number of nitrogens with one attached hydrogen (secondary N) is 1. The number of halogens is 1. The molecule has 7 heteroatoms. The summed E-state index contributed by atoms with van der Waals surface area (Å²) in [6.45, 7) is 2.69. The fourth-order valence-electron chi connectivity index (χ4n) is 3.20. The Balaban J connectivity index is 1.62. The average molecular weight is 385 g/mol. The quantitative estimate of drug-likeness (QED) is 0.774. The number of nitriles is 1. The van der Waals surface area contributed by atoms with Crippen LogP contribution >= 0.6 is 11.6 Å². The number of rotatable bonds is 6. The van der Waals surface area contributed by atoms with E-state index in [1.807, 2.05) is 18.2 Å². The lowest BCUT2D eigenvalue weighted by Gasteiger charge is -2.19. The Morgan fingerprint density at radius 1 is 1.44 bits per heavy atom. The first-order valence-electron chi connectivity index (χ1n) is 8.80. The van der Waals surface area contributed by atoms with Gasteiger partial charge in [-0.1, -0.05) is 17.7 Å². The van der Waals surface area contributed by atoms with Crippen LogP contribution in [0.5, 0.6) is 0 Å². The number of carbonyl (C=O) groups is 1. The topological polar surface area (TPSA) is 78.2 Å². The van der Waals surface area contributed by atoms with E-state index < -0.39 is 0 Å². The van der Waals surface area contributed by atoms with Gasteiger partial charge in [0.15, 0.2) is 0 Å². The first kappa shape index (κ1) is 19.2. The van der Waals surface area contributed by atoms with Crippen LogP contribution in [0.3, 0.4) is 0 Å². The summed E-state index contributed by atoms with van der Waals surface area (Å²) in [5, 5.41) is 12.2. The smallest absolute Gasteiger partial charge is 0.269 e. The van der Waals surface area contributed by atoms with E-state index in [0.717, 1.165) is 30.8 Å². The standard InChI is InChI=1S/C20H21ClN4O2/c1-27-9-7-23-20(26)19-5-3-15(12-24-19)16-6-8-25(13-16)17-4-2-14(11-22)18(21)10-17/h2-5,10,12,16H,6-9,13H2,1H3,(H,23,26). The maximum atomic E-state index is 12.0. The Labute approximate surface area is 163 Å². The molecule has 0 aliphatic carbocycles. The summed E-state index contributed by atoms with van der Waals surface area (Å²) >= 11 is 6.15. The number of benzene rings is 1. The highest BCUT2D eigenvalue weighted by atomic mass is 35.5. The molecule has 1 unspecified atom stereocenters. The number of carbonyl (C=O) groups excluding carboxylic acids is 1. The van der Waals surface area contributed by atoms with Crippen molar-refractivity contribution in [3.63, 3.8) is 0 Å². The number of amides is 1. The lowest BCUT2D eigenvalue weighted by molar-refractivity contribution is 0.0932. The minimum absolute atomic E-state index is 0.195. The van der Waals surface area contributed by atoms with Gasteiger partial charge in [-0.05, 0) is 36.2 Å². The molecule has 3 rings (SSSR count). The van der Waals surface area contributed by atoms with Crippen LogP contribution in [0.15, 0.2) is 36.5 Å². The number of aromatic nitrogens is 1. The minimum atomic E-state index is -0.195. The molecule has 1 aromatic heterocycles. The van der Waals surface area contributed by atoms with Crippen LogP contribution in [0.2, 0.25) is 5.02 Å². The van der Waals surface area contributed by atoms with Crippen molar-refractivity contribution in [2.75, 3.05) is 38.3 Å². The van der Waals surface area contributed by atoms with Crippen LogP contribution in [0, 0.1) is 11.3 Å². The molecule has 0 bridgehead atoms. The van der Waals surface area contributed by atoms with Crippen molar-refractivity contribution in [1.82, 2.24) is 10.3 Å². The molecule has 0 spiro atoms. The van der Waals surface area contributed by atoms with Gasteiger partial charge in [-0.3, -0.25) is 9.78 Å². The number of pyridine rings is 1. The van der Waals surface area contributed by atoms with Crippen LogP contribution in [0.4, 0.5) is 5.69 Å². The van der Waals surface area contributed by atoms with Crippen molar-refractivity contribution in [3.8, 4) is 6.07 Å². The van der Waals surface area contributed by atoms with Crippen molar-refractivity contribution < 1.29 is 9.53 Å². The van der Waals surface area contributed by atoms with Crippen LogP contribution in [0.25, 0.3) is 0 Å². The maximum absolute atomic E-state index is 12.0. The molecule has 0 saturated carbocycles. The van der Waals surface area contributed by atoms with E-state index in [4.69, 9.17) is 21.6 Å². The molecule has 0 radical (unpaired) electrons. The summed E-state index contributed by atoms with van der Waals surface area (Å²) in [5.41, 5.74) is 3.03. The van der Waals surface area contributed by atoms with Gasteiger partial charge in [-0.25, -0.2) is 0 Å². The van der Waals surface area contributed by atoms with Gasteiger partial charge in [0.1, 0.15) is 11.8 Å². The van der Waals surface area contributed by atoms with E-state index in [1.54, 1.807) is 25.4 Å². The highest BCUT2D eigenvalue weighted by molar-refractivity contribution is 6.32. The zero-order valence-corrected chi connectivity index (χ0v) is 15.9. The van der Waals surface area contributed by atoms with Crippen molar-refractivity contribution >= 4 is 23.2 Å². The number of anilines is 1. The first-order valence-corrected chi connectivity index (χ1v) is 9.18. The average Bonchev–Trinajstić information content (AvgIpc) is 3.18.